The molecule has 2 rings (SSSR count). The van der Waals surface area contributed by atoms with Gasteiger partial charge in [-0.15, -0.1) is 0 Å². The lowest BCUT2D eigenvalue weighted by atomic mass is 10.1. The third kappa shape index (κ3) is 3.82. The maximum atomic E-state index is 11.8. The SMILES string of the molecule is CNC(=O)N(O)[C@H]1N(/N=C\c2ccc(C)cc2)C(=S)SC1(C)C. The molecule has 0 unspecified atom stereocenters. The van der Waals surface area contributed by atoms with Crippen LogP contribution in [0.1, 0.15) is 25.0 Å². The molecule has 0 saturated carbocycles. The number of carbonyl (C=O) groups excluding carboxylic acids is 1. The number of hydroxylamine groups is 2. The molecule has 8 heteroatoms. The lowest BCUT2D eigenvalue weighted by molar-refractivity contribution is -0.117. The van der Waals surface area contributed by atoms with Crippen molar-refractivity contribution in [1.82, 2.24) is 15.4 Å². The van der Waals surface area contributed by atoms with Gasteiger partial charge < -0.3 is 5.32 Å². The molecule has 0 aromatic heterocycles. The molecule has 0 radical (unpaired) electrons. The van der Waals surface area contributed by atoms with Crippen LogP contribution in [-0.4, -0.2) is 49.8 Å². The Hall–Kier alpha value is -1.64. The van der Waals surface area contributed by atoms with Gasteiger partial charge >= 0.3 is 6.03 Å². The van der Waals surface area contributed by atoms with Crippen LogP contribution in [-0.2, 0) is 0 Å². The number of amides is 2. The second-order valence-corrected chi connectivity index (χ2v) is 8.03. The van der Waals surface area contributed by atoms with Crippen molar-refractivity contribution in [3.05, 3.63) is 35.4 Å². The minimum atomic E-state index is -0.693. The summed E-state index contributed by atoms with van der Waals surface area (Å²) in [6, 6.07) is 7.26. The fourth-order valence-corrected chi connectivity index (χ4v) is 4.02. The lowest BCUT2D eigenvalue weighted by Gasteiger charge is -2.33. The molecular formula is C15H20N4O2S2. The fourth-order valence-electron chi connectivity index (χ4n) is 2.23. The van der Waals surface area contributed by atoms with E-state index in [0.29, 0.717) is 9.38 Å². The van der Waals surface area contributed by atoms with E-state index in [1.807, 2.05) is 45.0 Å². The Morgan fingerprint density at radius 2 is 2.09 bits per heavy atom. The van der Waals surface area contributed by atoms with E-state index in [-0.39, 0.29) is 0 Å². The van der Waals surface area contributed by atoms with Gasteiger partial charge in [-0.05, 0) is 26.3 Å². The molecule has 1 fully saturated rings. The first-order chi connectivity index (χ1) is 10.8. The third-order valence-electron chi connectivity index (χ3n) is 3.45. The maximum absolute atomic E-state index is 11.8. The quantitative estimate of drug-likeness (QED) is 0.379. The molecule has 1 aliphatic heterocycles. The largest absolute Gasteiger partial charge is 0.343 e. The smallest absolute Gasteiger partial charge is 0.339 e. The number of aryl methyl sites for hydroxylation is 1. The number of carbonyl (C=O) groups is 1. The van der Waals surface area contributed by atoms with E-state index in [1.54, 1.807) is 6.21 Å². The lowest BCUT2D eigenvalue weighted by Crippen LogP contribution is -2.55. The zero-order valence-corrected chi connectivity index (χ0v) is 15.1. The second-order valence-electron chi connectivity index (χ2n) is 5.74. The van der Waals surface area contributed by atoms with Gasteiger partial charge in [0.15, 0.2) is 10.5 Å². The van der Waals surface area contributed by atoms with Crippen molar-refractivity contribution in [3.63, 3.8) is 0 Å². The Labute approximate surface area is 145 Å². The molecule has 2 amide bonds. The topological polar surface area (TPSA) is 68.2 Å². The van der Waals surface area contributed by atoms with E-state index in [9.17, 15) is 10.0 Å². The van der Waals surface area contributed by atoms with Crippen LogP contribution in [0.4, 0.5) is 4.79 Å². The Bertz CT molecular complexity index is 631. The van der Waals surface area contributed by atoms with E-state index in [0.717, 1.165) is 11.1 Å². The average molecular weight is 352 g/mol. The summed E-state index contributed by atoms with van der Waals surface area (Å²) in [6.07, 6.45) is 0.972. The van der Waals surface area contributed by atoms with Crippen molar-refractivity contribution < 1.29 is 10.0 Å². The van der Waals surface area contributed by atoms with Gasteiger partial charge in [-0.25, -0.2) is 9.80 Å². The summed E-state index contributed by atoms with van der Waals surface area (Å²) in [5, 5.41) is 19.1. The van der Waals surface area contributed by atoms with Gasteiger partial charge in [0, 0.05) is 7.05 Å². The normalized spacial score (nSPS) is 20.1. The third-order valence-corrected chi connectivity index (χ3v) is 4.99. The van der Waals surface area contributed by atoms with Crippen molar-refractivity contribution in [2.24, 2.45) is 5.10 Å². The number of rotatable bonds is 3. The first-order valence-corrected chi connectivity index (χ1v) is 8.31. The summed E-state index contributed by atoms with van der Waals surface area (Å²) in [5.41, 5.74) is 2.07. The Kier molecular flexibility index (Phi) is 5.28. The molecule has 0 aliphatic carbocycles. The molecule has 1 heterocycles. The van der Waals surface area contributed by atoms with Gasteiger partial charge in [0.1, 0.15) is 0 Å². The summed E-state index contributed by atoms with van der Waals surface area (Å²) in [6.45, 7) is 5.82. The Balaban J connectivity index is 2.28. The van der Waals surface area contributed by atoms with Gasteiger partial charge in [-0.1, -0.05) is 53.8 Å². The summed E-state index contributed by atoms with van der Waals surface area (Å²) in [5.74, 6) is 0. The van der Waals surface area contributed by atoms with Crippen molar-refractivity contribution in [1.29, 1.82) is 0 Å². The van der Waals surface area contributed by atoms with E-state index in [4.69, 9.17) is 12.2 Å². The average Bonchev–Trinajstić information content (AvgIpc) is 2.73. The zero-order chi connectivity index (χ0) is 17.2. The molecule has 0 spiro atoms. The van der Waals surface area contributed by atoms with Crippen molar-refractivity contribution >= 4 is 40.5 Å². The van der Waals surface area contributed by atoms with E-state index < -0.39 is 16.9 Å². The predicted octanol–water partition coefficient (Wildman–Crippen LogP) is 2.80. The molecule has 1 aliphatic rings. The first-order valence-electron chi connectivity index (χ1n) is 7.09. The first kappa shape index (κ1) is 17.7. The number of hydrogen-bond donors (Lipinski definition) is 2. The standard InChI is InChI=1S/C15H20N4O2S2/c1-10-5-7-11(8-6-10)9-17-18-12(19(21)13(20)16-4)15(2,3)23-14(18)22/h5-9,12,21H,1-4H3,(H,16,20)/b17-9-/t12-/m1/s1. The maximum Gasteiger partial charge on any atom is 0.343 e. The molecule has 0 bridgehead atoms. The van der Waals surface area contributed by atoms with E-state index >= 15 is 0 Å². The monoisotopic (exact) mass is 352 g/mol. The molecule has 124 valence electrons. The molecule has 1 aromatic rings. The molecule has 6 nitrogen and oxygen atoms in total. The van der Waals surface area contributed by atoms with Crippen LogP contribution in [0.3, 0.4) is 0 Å². The molecular weight excluding hydrogens is 332 g/mol. The summed E-state index contributed by atoms with van der Waals surface area (Å²) in [7, 11) is 1.46. The van der Waals surface area contributed by atoms with Gasteiger partial charge in [-0.3, -0.25) is 5.21 Å². The highest BCUT2D eigenvalue weighted by Gasteiger charge is 2.49. The van der Waals surface area contributed by atoms with E-state index in [1.165, 1.54) is 23.8 Å². The summed E-state index contributed by atoms with van der Waals surface area (Å²) >= 11 is 6.75. The van der Waals surface area contributed by atoms with Gasteiger partial charge in [0.25, 0.3) is 0 Å². The van der Waals surface area contributed by atoms with Crippen LogP contribution < -0.4 is 5.32 Å². The minimum Gasteiger partial charge on any atom is -0.339 e. The number of urea groups is 1. The van der Waals surface area contributed by atoms with Crippen LogP contribution in [0.2, 0.25) is 0 Å². The summed E-state index contributed by atoms with van der Waals surface area (Å²) < 4.78 is 0.00878. The van der Waals surface area contributed by atoms with Crippen LogP contribution in [0.25, 0.3) is 0 Å². The number of hydrazone groups is 1. The van der Waals surface area contributed by atoms with Crippen LogP contribution in [0, 0.1) is 6.92 Å². The zero-order valence-electron chi connectivity index (χ0n) is 13.5. The van der Waals surface area contributed by atoms with Gasteiger partial charge in [0.2, 0.25) is 0 Å². The number of hydrogen-bond acceptors (Lipinski definition) is 5. The van der Waals surface area contributed by atoms with Crippen LogP contribution in [0.5, 0.6) is 0 Å². The Morgan fingerprint density at radius 1 is 1.48 bits per heavy atom. The highest BCUT2D eigenvalue weighted by molar-refractivity contribution is 8.24. The van der Waals surface area contributed by atoms with Crippen molar-refractivity contribution in [2.75, 3.05) is 7.05 Å². The van der Waals surface area contributed by atoms with Crippen LogP contribution in [0.15, 0.2) is 29.4 Å². The molecule has 2 N–H and O–H groups in total. The molecule has 23 heavy (non-hydrogen) atoms. The highest BCUT2D eigenvalue weighted by atomic mass is 32.2. The van der Waals surface area contributed by atoms with Gasteiger partial charge in [-0.2, -0.15) is 10.2 Å². The number of benzene rings is 1. The molecule has 1 aromatic carbocycles. The highest BCUT2D eigenvalue weighted by Crippen LogP contribution is 2.42. The van der Waals surface area contributed by atoms with Crippen molar-refractivity contribution in [2.45, 2.75) is 31.7 Å². The minimum absolute atomic E-state index is 0.497. The van der Waals surface area contributed by atoms with Crippen LogP contribution >= 0.6 is 24.0 Å². The predicted molar refractivity (Wildman–Crippen MR) is 96.7 cm³/mol. The number of nitrogens with one attached hydrogen (secondary N) is 1. The number of thiocarbonyl (C=S) groups is 1. The van der Waals surface area contributed by atoms with E-state index in [2.05, 4.69) is 10.4 Å². The van der Waals surface area contributed by atoms with Gasteiger partial charge in [0.05, 0.1) is 11.0 Å². The van der Waals surface area contributed by atoms with Crippen molar-refractivity contribution in [3.8, 4) is 0 Å². The fraction of sp³-hybridized carbons (Fsp3) is 0.400. The number of thioether (sulfide) groups is 1. The second kappa shape index (κ2) is 6.86. The number of nitrogens with zero attached hydrogens (tertiary/aromatic N) is 3. The molecule has 1 atom stereocenters. The molecule has 1 saturated heterocycles. The Morgan fingerprint density at radius 3 is 2.65 bits per heavy atom. The summed E-state index contributed by atoms with van der Waals surface area (Å²) in [4.78, 5) is 11.8.